The normalized spacial score (nSPS) is 10.1. The van der Waals surface area contributed by atoms with Crippen LogP contribution in [0.1, 0.15) is 23.2 Å². The number of ether oxygens (including phenoxy) is 1. The second kappa shape index (κ2) is 5.21. The molecule has 7 heteroatoms. The molecule has 0 fully saturated rings. The van der Waals surface area contributed by atoms with Crippen LogP contribution in [0.25, 0.3) is 0 Å². The standard InChI is InChI=1S/C10H8F2N2O3/c1-17-9-6(2-7(15)16)5(3-13)4-14-8(9)10(11)12/h4,10H,2H2,1H3,(H,15,16). The molecule has 0 aliphatic rings. The predicted octanol–water partition coefficient (Wildman–Crippen LogP) is 1.53. The molecule has 1 rings (SSSR count). The quantitative estimate of drug-likeness (QED) is 0.865. The summed E-state index contributed by atoms with van der Waals surface area (Å²) in [5, 5.41) is 17.4. The highest BCUT2D eigenvalue weighted by Gasteiger charge is 2.23. The molecule has 0 saturated carbocycles. The number of aliphatic carboxylic acids is 1. The molecule has 0 radical (unpaired) electrons. The van der Waals surface area contributed by atoms with Gasteiger partial charge in [-0.3, -0.25) is 4.79 Å². The molecule has 1 heterocycles. The fourth-order valence-corrected chi connectivity index (χ4v) is 1.35. The van der Waals surface area contributed by atoms with Crippen molar-refractivity contribution >= 4 is 5.97 Å². The minimum atomic E-state index is -2.90. The Kier molecular flexibility index (Phi) is 3.93. The Morgan fingerprint density at radius 1 is 1.71 bits per heavy atom. The van der Waals surface area contributed by atoms with Crippen molar-refractivity contribution in [3.8, 4) is 11.8 Å². The Morgan fingerprint density at radius 2 is 2.35 bits per heavy atom. The summed E-state index contributed by atoms with van der Waals surface area (Å²) in [6.45, 7) is 0. The number of hydrogen-bond acceptors (Lipinski definition) is 4. The van der Waals surface area contributed by atoms with E-state index in [9.17, 15) is 13.6 Å². The van der Waals surface area contributed by atoms with Crippen LogP contribution in [0.2, 0.25) is 0 Å². The second-order valence-corrected chi connectivity index (χ2v) is 3.05. The maximum Gasteiger partial charge on any atom is 0.308 e. The third-order valence-corrected chi connectivity index (χ3v) is 2.02. The summed E-state index contributed by atoms with van der Waals surface area (Å²) in [6.07, 6.45) is -2.55. The van der Waals surface area contributed by atoms with Gasteiger partial charge in [0.15, 0.2) is 5.75 Å². The van der Waals surface area contributed by atoms with Crippen molar-refractivity contribution in [3.63, 3.8) is 0 Å². The van der Waals surface area contributed by atoms with Gasteiger partial charge in [0, 0.05) is 11.8 Å². The summed E-state index contributed by atoms with van der Waals surface area (Å²) in [4.78, 5) is 14.0. The maximum atomic E-state index is 12.6. The van der Waals surface area contributed by atoms with Gasteiger partial charge >= 0.3 is 5.97 Å². The highest BCUT2D eigenvalue weighted by Crippen LogP contribution is 2.32. The fourth-order valence-electron chi connectivity index (χ4n) is 1.35. The summed E-state index contributed by atoms with van der Waals surface area (Å²) in [5.41, 5.74) is -0.843. The van der Waals surface area contributed by atoms with E-state index in [1.807, 2.05) is 0 Å². The number of rotatable bonds is 4. The molecule has 1 aromatic heterocycles. The first kappa shape index (κ1) is 12.8. The van der Waals surface area contributed by atoms with E-state index in [1.54, 1.807) is 6.07 Å². The monoisotopic (exact) mass is 242 g/mol. The summed E-state index contributed by atoms with van der Waals surface area (Å²) in [5.74, 6) is -1.59. The Balaban J connectivity index is 3.44. The van der Waals surface area contributed by atoms with Crippen LogP contribution in [0.3, 0.4) is 0 Å². The summed E-state index contributed by atoms with van der Waals surface area (Å²) < 4.78 is 29.9. The maximum absolute atomic E-state index is 12.6. The SMILES string of the molecule is COc1c(C(F)F)ncc(C#N)c1CC(=O)O. The van der Waals surface area contributed by atoms with Gasteiger partial charge in [-0.25, -0.2) is 13.8 Å². The molecule has 0 unspecified atom stereocenters. The lowest BCUT2D eigenvalue weighted by Gasteiger charge is -2.12. The Hall–Kier alpha value is -2.23. The molecule has 0 aliphatic carbocycles. The van der Waals surface area contributed by atoms with Crippen LogP contribution in [-0.2, 0) is 11.2 Å². The van der Waals surface area contributed by atoms with E-state index in [0.29, 0.717) is 0 Å². The number of hydrogen-bond donors (Lipinski definition) is 1. The zero-order valence-corrected chi connectivity index (χ0v) is 8.78. The molecule has 0 saturated heterocycles. The number of pyridine rings is 1. The summed E-state index contributed by atoms with van der Waals surface area (Å²) >= 11 is 0. The molecule has 0 spiro atoms. The fraction of sp³-hybridized carbons (Fsp3) is 0.300. The van der Waals surface area contributed by atoms with Crippen molar-refractivity contribution in [1.82, 2.24) is 4.98 Å². The van der Waals surface area contributed by atoms with Gasteiger partial charge in [-0.05, 0) is 0 Å². The second-order valence-electron chi connectivity index (χ2n) is 3.05. The van der Waals surface area contributed by atoms with E-state index >= 15 is 0 Å². The van der Waals surface area contributed by atoms with Gasteiger partial charge < -0.3 is 9.84 Å². The lowest BCUT2D eigenvalue weighted by molar-refractivity contribution is -0.136. The van der Waals surface area contributed by atoms with Crippen molar-refractivity contribution in [2.75, 3.05) is 7.11 Å². The van der Waals surface area contributed by atoms with Crippen LogP contribution in [0, 0.1) is 11.3 Å². The summed E-state index contributed by atoms with van der Waals surface area (Å²) in [7, 11) is 1.12. The molecular formula is C10H8F2N2O3. The van der Waals surface area contributed by atoms with Crippen LogP contribution in [0.4, 0.5) is 8.78 Å². The van der Waals surface area contributed by atoms with Crippen molar-refractivity contribution < 1.29 is 23.4 Å². The molecule has 5 nitrogen and oxygen atoms in total. The molecular weight excluding hydrogens is 234 g/mol. The van der Waals surface area contributed by atoms with Crippen molar-refractivity contribution in [1.29, 1.82) is 5.26 Å². The van der Waals surface area contributed by atoms with Crippen LogP contribution in [0.15, 0.2) is 6.20 Å². The lowest BCUT2D eigenvalue weighted by atomic mass is 10.1. The first-order valence-electron chi connectivity index (χ1n) is 4.47. The topological polar surface area (TPSA) is 83.2 Å². The van der Waals surface area contributed by atoms with Crippen molar-refractivity contribution in [2.45, 2.75) is 12.8 Å². The van der Waals surface area contributed by atoms with E-state index in [0.717, 1.165) is 13.3 Å². The van der Waals surface area contributed by atoms with Crippen molar-refractivity contribution in [3.05, 3.63) is 23.0 Å². The number of methoxy groups -OCH3 is 1. The largest absolute Gasteiger partial charge is 0.494 e. The van der Waals surface area contributed by atoms with Gasteiger partial charge in [-0.1, -0.05) is 0 Å². The van der Waals surface area contributed by atoms with Crippen LogP contribution < -0.4 is 4.74 Å². The Morgan fingerprint density at radius 3 is 2.76 bits per heavy atom. The molecule has 0 bridgehead atoms. The van der Waals surface area contributed by atoms with E-state index in [2.05, 4.69) is 4.98 Å². The Bertz CT molecular complexity index is 483. The number of carbonyl (C=O) groups is 1. The third-order valence-electron chi connectivity index (χ3n) is 2.02. The first-order valence-corrected chi connectivity index (χ1v) is 4.47. The molecule has 0 aliphatic heterocycles. The highest BCUT2D eigenvalue weighted by atomic mass is 19.3. The van der Waals surface area contributed by atoms with Crippen LogP contribution >= 0.6 is 0 Å². The van der Waals surface area contributed by atoms with E-state index in [-0.39, 0.29) is 16.9 Å². The minimum absolute atomic E-state index is 0.0892. The van der Waals surface area contributed by atoms with Gasteiger partial charge in [-0.2, -0.15) is 5.26 Å². The van der Waals surface area contributed by atoms with E-state index in [1.165, 1.54) is 0 Å². The molecule has 1 N–H and O–H groups in total. The Labute approximate surface area is 95.3 Å². The average Bonchev–Trinajstić information content (AvgIpc) is 2.27. The molecule has 0 aromatic carbocycles. The smallest absolute Gasteiger partial charge is 0.308 e. The lowest BCUT2D eigenvalue weighted by Crippen LogP contribution is -2.08. The minimum Gasteiger partial charge on any atom is -0.494 e. The first-order chi connectivity index (χ1) is 8.01. The summed E-state index contributed by atoms with van der Waals surface area (Å²) in [6, 6.07) is 1.69. The number of carboxylic acids is 1. The third kappa shape index (κ3) is 2.66. The molecule has 1 aromatic rings. The highest BCUT2D eigenvalue weighted by molar-refractivity contribution is 5.73. The number of carboxylic acid groups (broad SMARTS) is 1. The van der Waals surface area contributed by atoms with Gasteiger partial charge in [0.05, 0.1) is 19.1 Å². The number of alkyl halides is 2. The number of halogens is 2. The van der Waals surface area contributed by atoms with E-state index < -0.39 is 24.5 Å². The molecule has 17 heavy (non-hydrogen) atoms. The van der Waals surface area contributed by atoms with Gasteiger partial charge in [-0.15, -0.1) is 0 Å². The number of nitriles is 1. The molecule has 0 atom stereocenters. The average molecular weight is 242 g/mol. The van der Waals surface area contributed by atoms with E-state index in [4.69, 9.17) is 15.1 Å². The number of nitrogens with zero attached hydrogens (tertiary/aromatic N) is 2. The zero-order valence-electron chi connectivity index (χ0n) is 8.78. The van der Waals surface area contributed by atoms with Crippen LogP contribution in [-0.4, -0.2) is 23.2 Å². The predicted molar refractivity (Wildman–Crippen MR) is 51.8 cm³/mol. The van der Waals surface area contributed by atoms with Gasteiger partial charge in [0.2, 0.25) is 0 Å². The molecule has 90 valence electrons. The van der Waals surface area contributed by atoms with Gasteiger partial charge in [0.25, 0.3) is 6.43 Å². The van der Waals surface area contributed by atoms with Crippen molar-refractivity contribution in [2.24, 2.45) is 0 Å². The number of aromatic nitrogens is 1. The van der Waals surface area contributed by atoms with Crippen LogP contribution in [0.5, 0.6) is 5.75 Å². The zero-order chi connectivity index (χ0) is 13.0. The molecule has 0 amide bonds. The van der Waals surface area contributed by atoms with Gasteiger partial charge in [0.1, 0.15) is 11.8 Å².